The lowest BCUT2D eigenvalue weighted by atomic mass is 9.89. The summed E-state index contributed by atoms with van der Waals surface area (Å²) in [5, 5.41) is 15.6. The average molecular weight is 433 g/mol. The molecule has 2 atom stereocenters. The van der Waals surface area contributed by atoms with E-state index in [1.54, 1.807) is 36.4 Å². The number of halogens is 4. The van der Waals surface area contributed by atoms with E-state index in [4.69, 9.17) is 27.9 Å². The van der Waals surface area contributed by atoms with E-state index in [-0.39, 0.29) is 29.5 Å². The van der Waals surface area contributed by atoms with Crippen molar-refractivity contribution in [3.05, 3.63) is 70.7 Å². The molecule has 0 spiro atoms. The Morgan fingerprint density at radius 1 is 1.19 bits per heavy atom. The number of aromatic nitrogens is 3. The molecule has 0 amide bonds. The Bertz CT molecular complexity index is 876. The van der Waals surface area contributed by atoms with Gasteiger partial charge in [-0.3, -0.25) is 0 Å². The standard InChI is InChI=1S/C18H16Cl2FN3O2.ClH/c1-12(21)18(25,9-24-11-22-10-23-24)16-7-6-15(8-17(16)20)26-14-4-2-13(19)3-5-14;/h2-8,10-12,25H,9H2,1H3;1H/t12?,18-;/m0./s1. The third kappa shape index (κ3) is 4.90. The van der Waals surface area contributed by atoms with Crippen molar-refractivity contribution < 1.29 is 14.2 Å². The fourth-order valence-electron chi connectivity index (χ4n) is 2.54. The predicted octanol–water partition coefficient (Wildman–Crippen LogP) is 5.04. The number of hydrogen-bond acceptors (Lipinski definition) is 4. The second-order valence-electron chi connectivity index (χ2n) is 5.83. The summed E-state index contributed by atoms with van der Waals surface area (Å²) in [6.45, 7) is 1.15. The minimum absolute atomic E-state index is 0. The summed E-state index contributed by atoms with van der Waals surface area (Å²) in [5.41, 5.74) is -1.61. The first-order chi connectivity index (χ1) is 12.4. The Balaban J connectivity index is 0.00000261. The van der Waals surface area contributed by atoms with Crippen molar-refractivity contribution >= 4 is 35.6 Å². The second-order valence-corrected chi connectivity index (χ2v) is 6.67. The fraction of sp³-hybridized carbons (Fsp3) is 0.222. The van der Waals surface area contributed by atoms with Crippen molar-refractivity contribution in [1.82, 2.24) is 14.8 Å². The molecule has 3 aromatic rings. The minimum Gasteiger partial charge on any atom is -0.457 e. The van der Waals surface area contributed by atoms with Crippen LogP contribution in [0.3, 0.4) is 0 Å². The molecule has 1 unspecified atom stereocenters. The SMILES string of the molecule is CC(F)[C@@](O)(Cn1cncn1)c1ccc(Oc2ccc(Cl)cc2)cc1Cl.Cl. The van der Waals surface area contributed by atoms with Gasteiger partial charge in [-0.15, -0.1) is 12.4 Å². The Hall–Kier alpha value is -1.86. The third-order valence-corrected chi connectivity index (χ3v) is 4.55. The van der Waals surface area contributed by atoms with Gasteiger partial charge in [-0.2, -0.15) is 5.10 Å². The third-order valence-electron chi connectivity index (χ3n) is 3.98. The van der Waals surface area contributed by atoms with Crippen LogP contribution in [0.5, 0.6) is 11.5 Å². The summed E-state index contributed by atoms with van der Waals surface area (Å²) in [4.78, 5) is 3.80. The van der Waals surface area contributed by atoms with Crippen molar-refractivity contribution in [2.75, 3.05) is 0 Å². The molecule has 0 aliphatic carbocycles. The molecule has 0 saturated carbocycles. The number of rotatable bonds is 6. The highest BCUT2D eigenvalue weighted by molar-refractivity contribution is 6.31. The van der Waals surface area contributed by atoms with Gasteiger partial charge in [-0.1, -0.05) is 29.3 Å². The topological polar surface area (TPSA) is 60.2 Å². The molecule has 0 aliphatic rings. The van der Waals surface area contributed by atoms with Gasteiger partial charge in [0.2, 0.25) is 0 Å². The fourth-order valence-corrected chi connectivity index (χ4v) is 3.00. The number of benzene rings is 2. The molecule has 1 aromatic heterocycles. The van der Waals surface area contributed by atoms with Crippen molar-refractivity contribution in [3.63, 3.8) is 0 Å². The van der Waals surface area contributed by atoms with Crippen LogP contribution < -0.4 is 4.74 Å². The van der Waals surface area contributed by atoms with E-state index in [1.807, 2.05) is 0 Å². The van der Waals surface area contributed by atoms with E-state index < -0.39 is 11.8 Å². The molecular formula is C18H17Cl3FN3O2. The molecule has 0 fully saturated rings. The number of hydrogen-bond donors (Lipinski definition) is 1. The van der Waals surface area contributed by atoms with Gasteiger partial charge in [0, 0.05) is 10.6 Å². The largest absolute Gasteiger partial charge is 0.457 e. The zero-order valence-electron chi connectivity index (χ0n) is 14.2. The Labute approximate surface area is 172 Å². The molecule has 5 nitrogen and oxygen atoms in total. The van der Waals surface area contributed by atoms with E-state index in [0.717, 1.165) is 0 Å². The quantitative estimate of drug-likeness (QED) is 0.592. The lowest BCUT2D eigenvalue weighted by molar-refractivity contribution is -0.0498. The first kappa shape index (κ1) is 21.4. The van der Waals surface area contributed by atoms with Crippen LogP contribution in [-0.4, -0.2) is 26.0 Å². The maximum atomic E-state index is 14.3. The molecule has 2 aromatic carbocycles. The number of aliphatic hydroxyl groups is 1. The molecule has 0 saturated heterocycles. The number of alkyl halides is 1. The normalized spacial score (nSPS) is 14.1. The van der Waals surface area contributed by atoms with Gasteiger partial charge in [0.25, 0.3) is 0 Å². The molecule has 144 valence electrons. The smallest absolute Gasteiger partial charge is 0.141 e. The highest BCUT2D eigenvalue weighted by Gasteiger charge is 2.39. The molecule has 27 heavy (non-hydrogen) atoms. The summed E-state index contributed by atoms with van der Waals surface area (Å²) >= 11 is 12.2. The van der Waals surface area contributed by atoms with Crippen LogP contribution >= 0.6 is 35.6 Å². The van der Waals surface area contributed by atoms with E-state index in [0.29, 0.717) is 16.5 Å². The van der Waals surface area contributed by atoms with Crippen molar-refractivity contribution in [2.24, 2.45) is 0 Å². The lowest BCUT2D eigenvalue weighted by Crippen LogP contribution is -2.40. The van der Waals surface area contributed by atoms with Gasteiger partial charge in [0.15, 0.2) is 0 Å². The summed E-state index contributed by atoms with van der Waals surface area (Å²) < 4.78 is 21.3. The monoisotopic (exact) mass is 431 g/mol. The van der Waals surface area contributed by atoms with Crippen LogP contribution in [0.2, 0.25) is 10.0 Å². The van der Waals surface area contributed by atoms with Crippen LogP contribution in [0.1, 0.15) is 12.5 Å². The predicted molar refractivity (Wildman–Crippen MR) is 105 cm³/mol. The molecule has 0 aliphatic heterocycles. The van der Waals surface area contributed by atoms with Gasteiger partial charge in [-0.05, 0) is 43.3 Å². The molecule has 1 N–H and O–H groups in total. The molecule has 0 bridgehead atoms. The molecule has 0 radical (unpaired) electrons. The van der Waals surface area contributed by atoms with Crippen LogP contribution in [-0.2, 0) is 12.1 Å². The average Bonchev–Trinajstić information content (AvgIpc) is 3.09. The van der Waals surface area contributed by atoms with Crippen molar-refractivity contribution in [1.29, 1.82) is 0 Å². The van der Waals surface area contributed by atoms with E-state index >= 15 is 0 Å². The highest BCUT2D eigenvalue weighted by atomic mass is 35.5. The molecule has 1 heterocycles. The zero-order chi connectivity index (χ0) is 18.7. The minimum atomic E-state index is -1.86. The summed E-state index contributed by atoms with van der Waals surface area (Å²) in [7, 11) is 0. The van der Waals surface area contributed by atoms with Gasteiger partial charge >= 0.3 is 0 Å². The lowest BCUT2D eigenvalue weighted by Gasteiger charge is -2.31. The molecule has 9 heteroatoms. The Morgan fingerprint density at radius 3 is 2.41 bits per heavy atom. The maximum Gasteiger partial charge on any atom is 0.141 e. The van der Waals surface area contributed by atoms with E-state index in [1.165, 1.54) is 30.3 Å². The van der Waals surface area contributed by atoms with Crippen molar-refractivity contribution in [3.8, 4) is 11.5 Å². The summed E-state index contributed by atoms with van der Waals surface area (Å²) in [6.07, 6.45) is 1.13. The van der Waals surface area contributed by atoms with Gasteiger partial charge in [-0.25, -0.2) is 14.1 Å². The molecular weight excluding hydrogens is 416 g/mol. The second kappa shape index (κ2) is 8.89. The first-order valence-corrected chi connectivity index (χ1v) is 8.56. The van der Waals surface area contributed by atoms with Gasteiger partial charge in [0.05, 0.1) is 11.6 Å². The number of ether oxygens (including phenoxy) is 1. The van der Waals surface area contributed by atoms with Crippen LogP contribution in [0.25, 0.3) is 0 Å². The van der Waals surface area contributed by atoms with E-state index in [2.05, 4.69) is 10.1 Å². The summed E-state index contributed by atoms with van der Waals surface area (Å²) in [6, 6.07) is 11.5. The number of nitrogens with zero attached hydrogens (tertiary/aromatic N) is 3. The van der Waals surface area contributed by atoms with Crippen molar-refractivity contribution in [2.45, 2.75) is 25.2 Å². The Morgan fingerprint density at radius 2 is 1.85 bits per heavy atom. The highest BCUT2D eigenvalue weighted by Crippen LogP contribution is 2.37. The Kier molecular flexibility index (Phi) is 7.06. The van der Waals surface area contributed by atoms with Crippen LogP contribution in [0.15, 0.2) is 55.1 Å². The summed E-state index contributed by atoms with van der Waals surface area (Å²) in [5.74, 6) is 1.03. The van der Waals surface area contributed by atoms with Crippen LogP contribution in [0, 0.1) is 0 Å². The zero-order valence-corrected chi connectivity index (χ0v) is 16.5. The van der Waals surface area contributed by atoms with E-state index in [9.17, 15) is 9.50 Å². The van der Waals surface area contributed by atoms with Crippen LogP contribution in [0.4, 0.5) is 4.39 Å². The first-order valence-electron chi connectivity index (χ1n) is 7.81. The van der Waals surface area contributed by atoms with Gasteiger partial charge < -0.3 is 9.84 Å². The maximum absolute atomic E-state index is 14.3. The van der Waals surface area contributed by atoms with Gasteiger partial charge in [0.1, 0.15) is 35.9 Å². The molecule has 3 rings (SSSR count).